The fraction of sp³-hybridized carbons (Fsp3) is 0.455. The van der Waals surface area contributed by atoms with Crippen molar-refractivity contribution >= 4 is 0 Å². The van der Waals surface area contributed by atoms with Crippen LogP contribution in [0.15, 0.2) is 34.6 Å². The molecule has 0 aliphatic carbocycles. The van der Waals surface area contributed by atoms with Crippen molar-refractivity contribution in [2.45, 2.75) is 25.3 Å². The average molecular weight is 193 g/mol. The highest BCUT2D eigenvalue weighted by Crippen LogP contribution is 2.16. The largest absolute Gasteiger partial charge is 0.496 e. The van der Waals surface area contributed by atoms with Gasteiger partial charge in [0.15, 0.2) is 0 Å². The smallest absolute Gasteiger partial charge is 0.109 e. The van der Waals surface area contributed by atoms with Crippen LogP contribution in [0, 0.1) is 0 Å². The van der Waals surface area contributed by atoms with Gasteiger partial charge in [-0.3, -0.25) is 0 Å². The van der Waals surface area contributed by atoms with Crippen molar-refractivity contribution in [1.82, 2.24) is 0 Å². The molecule has 0 fully saturated rings. The molecule has 1 unspecified atom stereocenters. The molecular formula is C11H15NO2. The predicted molar refractivity (Wildman–Crippen MR) is 53.7 cm³/mol. The van der Waals surface area contributed by atoms with Gasteiger partial charge in [0.25, 0.3) is 0 Å². The molecule has 1 aliphatic rings. The highest BCUT2D eigenvalue weighted by molar-refractivity contribution is 5.07. The fourth-order valence-corrected chi connectivity index (χ4v) is 1.59. The molecule has 2 rings (SSSR count). The zero-order chi connectivity index (χ0) is 9.80. The van der Waals surface area contributed by atoms with Gasteiger partial charge < -0.3 is 14.9 Å². The first kappa shape index (κ1) is 9.34. The lowest BCUT2D eigenvalue weighted by atomic mass is 10.1. The molecule has 1 atom stereocenters. The SMILES string of the molecule is NC(CCc1ccco1)C1=CCCO1. The first-order chi connectivity index (χ1) is 6.86. The third-order valence-electron chi connectivity index (χ3n) is 2.38. The van der Waals surface area contributed by atoms with E-state index >= 15 is 0 Å². The van der Waals surface area contributed by atoms with Gasteiger partial charge in [-0.25, -0.2) is 0 Å². The van der Waals surface area contributed by atoms with Gasteiger partial charge in [-0.15, -0.1) is 0 Å². The summed E-state index contributed by atoms with van der Waals surface area (Å²) in [5.74, 6) is 1.93. The lowest BCUT2D eigenvalue weighted by molar-refractivity contribution is 0.221. The van der Waals surface area contributed by atoms with Crippen molar-refractivity contribution in [2.24, 2.45) is 5.73 Å². The molecule has 1 aromatic heterocycles. The lowest BCUT2D eigenvalue weighted by Crippen LogP contribution is -2.23. The summed E-state index contributed by atoms with van der Waals surface area (Å²) in [6, 6.07) is 3.88. The Morgan fingerprint density at radius 2 is 2.43 bits per heavy atom. The van der Waals surface area contributed by atoms with Crippen molar-refractivity contribution in [3.8, 4) is 0 Å². The Morgan fingerprint density at radius 1 is 1.50 bits per heavy atom. The third kappa shape index (κ3) is 2.17. The van der Waals surface area contributed by atoms with Crippen LogP contribution in [0.4, 0.5) is 0 Å². The predicted octanol–water partition coefficient (Wildman–Crippen LogP) is 1.84. The van der Waals surface area contributed by atoms with Crippen LogP contribution >= 0.6 is 0 Å². The van der Waals surface area contributed by atoms with Crippen LogP contribution in [0.25, 0.3) is 0 Å². The van der Waals surface area contributed by atoms with Gasteiger partial charge in [0.05, 0.1) is 18.9 Å². The molecule has 0 radical (unpaired) electrons. The quantitative estimate of drug-likeness (QED) is 0.793. The number of nitrogens with two attached hydrogens (primary N) is 1. The van der Waals surface area contributed by atoms with Crippen LogP contribution in [-0.4, -0.2) is 12.6 Å². The highest BCUT2D eigenvalue weighted by atomic mass is 16.5. The molecule has 0 amide bonds. The summed E-state index contributed by atoms with van der Waals surface area (Å²) in [4.78, 5) is 0. The van der Waals surface area contributed by atoms with Crippen molar-refractivity contribution < 1.29 is 9.15 Å². The fourth-order valence-electron chi connectivity index (χ4n) is 1.59. The van der Waals surface area contributed by atoms with Gasteiger partial charge in [0, 0.05) is 12.8 Å². The molecule has 0 aromatic carbocycles. The van der Waals surface area contributed by atoms with E-state index < -0.39 is 0 Å². The summed E-state index contributed by atoms with van der Waals surface area (Å²) in [6.07, 6.45) is 6.50. The molecule has 0 bridgehead atoms. The second kappa shape index (κ2) is 4.33. The third-order valence-corrected chi connectivity index (χ3v) is 2.38. The number of rotatable bonds is 4. The minimum Gasteiger partial charge on any atom is -0.496 e. The summed E-state index contributed by atoms with van der Waals surface area (Å²) in [5, 5.41) is 0. The van der Waals surface area contributed by atoms with E-state index in [1.165, 1.54) is 0 Å². The van der Waals surface area contributed by atoms with Crippen molar-refractivity contribution in [1.29, 1.82) is 0 Å². The summed E-state index contributed by atoms with van der Waals surface area (Å²) in [5.41, 5.74) is 5.96. The minimum absolute atomic E-state index is 0.0163. The monoisotopic (exact) mass is 193 g/mol. The van der Waals surface area contributed by atoms with E-state index in [1.807, 2.05) is 12.1 Å². The second-order valence-corrected chi connectivity index (χ2v) is 3.47. The number of aryl methyl sites for hydroxylation is 1. The Kier molecular flexibility index (Phi) is 2.89. The van der Waals surface area contributed by atoms with Crippen LogP contribution < -0.4 is 5.73 Å². The van der Waals surface area contributed by atoms with E-state index in [0.717, 1.165) is 37.4 Å². The van der Waals surface area contributed by atoms with E-state index in [1.54, 1.807) is 6.26 Å². The van der Waals surface area contributed by atoms with E-state index in [0.29, 0.717) is 0 Å². The molecule has 76 valence electrons. The number of hydrogen-bond donors (Lipinski definition) is 1. The Morgan fingerprint density at radius 3 is 3.07 bits per heavy atom. The van der Waals surface area contributed by atoms with Gasteiger partial charge >= 0.3 is 0 Å². The van der Waals surface area contributed by atoms with E-state index in [-0.39, 0.29) is 6.04 Å². The van der Waals surface area contributed by atoms with Gasteiger partial charge in [-0.1, -0.05) is 0 Å². The molecule has 1 aromatic rings. The zero-order valence-electron chi connectivity index (χ0n) is 8.11. The van der Waals surface area contributed by atoms with Gasteiger partial charge in [-0.05, 0) is 24.6 Å². The van der Waals surface area contributed by atoms with Gasteiger partial charge in [-0.2, -0.15) is 0 Å². The number of furan rings is 1. The maximum Gasteiger partial charge on any atom is 0.109 e. The number of ether oxygens (including phenoxy) is 1. The van der Waals surface area contributed by atoms with Crippen LogP contribution in [0.2, 0.25) is 0 Å². The molecule has 0 spiro atoms. The molecule has 1 aliphatic heterocycles. The molecule has 2 heterocycles. The van der Waals surface area contributed by atoms with Crippen LogP contribution in [0.5, 0.6) is 0 Å². The van der Waals surface area contributed by atoms with Crippen LogP contribution in [-0.2, 0) is 11.2 Å². The van der Waals surface area contributed by atoms with Crippen LogP contribution in [0.1, 0.15) is 18.6 Å². The second-order valence-electron chi connectivity index (χ2n) is 3.47. The maximum absolute atomic E-state index is 5.96. The minimum atomic E-state index is 0.0163. The number of hydrogen-bond acceptors (Lipinski definition) is 3. The Labute approximate surface area is 83.5 Å². The summed E-state index contributed by atoms with van der Waals surface area (Å²) in [6.45, 7) is 0.782. The van der Waals surface area contributed by atoms with Crippen molar-refractivity contribution in [3.05, 3.63) is 36.0 Å². The van der Waals surface area contributed by atoms with Crippen molar-refractivity contribution in [2.75, 3.05) is 6.61 Å². The average Bonchev–Trinajstić information content (AvgIpc) is 2.87. The Bertz CT molecular complexity index is 303. The molecule has 0 saturated carbocycles. The summed E-state index contributed by atoms with van der Waals surface area (Å²) < 4.78 is 10.6. The van der Waals surface area contributed by atoms with Gasteiger partial charge in [0.2, 0.25) is 0 Å². The van der Waals surface area contributed by atoms with Crippen molar-refractivity contribution in [3.63, 3.8) is 0 Å². The normalized spacial score (nSPS) is 17.6. The molecule has 14 heavy (non-hydrogen) atoms. The maximum atomic E-state index is 5.96. The molecule has 2 N–H and O–H groups in total. The molecule has 3 nitrogen and oxygen atoms in total. The van der Waals surface area contributed by atoms with E-state index in [2.05, 4.69) is 6.08 Å². The standard InChI is InChI=1S/C11H15NO2/c12-10(11-4-2-8-14-11)6-5-9-3-1-7-13-9/h1,3-4,7,10H,2,5-6,8,12H2. The molecular weight excluding hydrogens is 178 g/mol. The molecule has 0 saturated heterocycles. The zero-order valence-corrected chi connectivity index (χ0v) is 8.11. The van der Waals surface area contributed by atoms with Crippen LogP contribution in [0.3, 0.4) is 0 Å². The first-order valence-corrected chi connectivity index (χ1v) is 4.97. The molecule has 3 heteroatoms. The summed E-state index contributed by atoms with van der Waals surface area (Å²) >= 11 is 0. The van der Waals surface area contributed by atoms with Gasteiger partial charge in [0.1, 0.15) is 11.5 Å². The van der Waals surface area contributed by atoms with E-state index in [4.69, 9.17) is 14.9 Å². The lowest BCUT2D eigenvalue weighted by Gasteiger charge is -2.11. The summed E-state index contributed by atoms with van der Waals surface area (Å²) in [7, 11) is 0. The topological polar surface area (TPSA) is 48.4 Å². The highest BCUT2D eigenvalue weighted by Gasteiger charge is 2.14. The van der Waals surface area contributed by atoms with E-state index in [9.17, 15) is 0 Å². The first-order valence-electron chi connectivity index (χ1n) is 4.97. The Hall–Kier alpha value is -1.22. The Balaban J connectivity index is 1.80.